The van der Waals surface area contributed by atoms with Crippen LogP contribution in [-0.4, -0.2) is 72.0 Å². The molecule has 0 heterocycles. The monoisotopic (exact) mass is 296 g/mol. The van der Waals surface area contributed by atoms with E-state index in [0.29, 0.717) is 26.2 Å². The summed E-state index contributed by atoms with van der Waals surface area (Å²) in [6, 6.07) is 0. The van der Waals surface area contributed by atoms with Crippen LogP contribution in [0.25, 0.3) is 0 Å². The van der Waals surface area contributed by atoms with Gasteiger partial charge in [0, 0.05) is 19.5 Å². The van der Waals surface area contributed by atoms with Crippen LogP contribution in [0.4, 0.5) is 0 Å². The molecular formula is C11H24N2O5S. The summed E-state index contributed by atoms with van der Waals surface area (Å²) in [6.45, 7) is 3.25. The Labute approximate surface area is 115 Å². The Bertz CT molecular complexity index is 343. The topological polar surface area (TPSA) is 84.9 Å². The second kappa shape index (κ2) is 10.3. The van der Waals surface area contributed by atoms with E-state index in [2.05, 4.69) is 4.72 Å². The highest BCUT2D eigenvalue weighted by molar-refractivity contribution is 7.89. The number of carbonyl (C=O) groups is 1. The van der Waals surface area contributed by atoms with E-state index in [9.17, 15) is 13.2 Å². The maximum absolute atomic E-state index is 11.5. The van der Waals surface area contributed by atoms with Crippen molar-refractivity contribution < 1.29 is 22.7 Å². The maximum Gasteiger partial charge on any atom is 0.235 e. The first-order chi connectivity index (χ1) is 8.83. The van der Waals surface area contributed by atoms with Gasteiger partial charge in [-0.1, -0.05) is 0 Å². The van der Waals surface area contributed by atoms with E-state index < -0.39 is 10.0 Å². The number of Topliss-reactive ketones (excluding diaryl/α,β-unsaturated/α-hetero) is 1. The van der Waals surface area contributed by atoms with Crippen molar-refractivity contribution in [3.05, 3.63) is 0 Å². The molecule has 0 atom stereocenters. The molecule has 7 nitrogen and oxygen atoms in total. The minimum atomic E-state index is -3.42. The molecule has 114 valence electrons. The van der Waals surface area contributed by atoms with E-state index >= 15 is 0 Å². The lowest BCUT2D eigenvalue weighted by Gasteiger charge is -2.10. The van der Waals surface area contributed by atoms with Gasteiger partial charge in [-0.25, -0.2) is 13.1 Å². The molecule has 0 amide bonds. The molecule has 1 N–H and O–H groups in total. The Morgan fingerprint density at radius 2 is 1.84 bits per heavy atom. The summed E-state index contributed by atoms with van der Waals surface area (Å²) in [7, 11) is 0.346. The van der Waals surface area contributed by atoms with Gasteiger partial charge in [-0.15, -0.1) is 0 Å². The third-order valence-corrected chi connectivity index (χ3v) is 3.21. The van der Waals surface area contributed by atoms with Crippen molar-refractivity contribution >= 4 is 15.8 Å². The molecule has 0 aromatic heterocycles. The molecular weight excluding hydrogens is 272 g/mol. The van der Waals surface area contributed by atoms with Gasteiger partial charge in [-0.05, 0) is 21.0 Å². The first-order valence-corrected chi connectivity index (χ1v) is 7.75. The van der Waals surface area contributed by atoms with Gasteiger partial charge in [0.1, 0.15) is 5.78 Å². The number of carbonyl (C=O) groups excluding carboxylic acids is 1. The van der Waals surface area contributed by atoms with E-state index in [1.54, 1.807) is 0 Å². The number of nitrogens with zero attached hydrogens (tertiary/aromatic N) is 1. The molecule has 0 fully saturated rings. The summed E-state index contributed by atoms with van der Waals surface area (Å²) in [5, 5.41) is 0. The Morgan fingerprint density at radius 1 is 1.16 bits per heavy atom. The van der Waals surface area contributed by atoms with Crippen LogP contribution in [0, 0.1) is 0 Å². The molecule has 0 radical (unpaired) electrons. The average molecular weight is 296 g/mol. The molecule has 0 aromatic carbocycles. The molecule has 0 aliphatic carbocycles. The van der Waals surface area contributed by atoms with E-state index in [-0.39, 0.29) is 24.9 Å². The van der Waals surface area contributed by atoms with Gasteiger partial charge < -0.3 is 14.4 Å². The molecule has 0 saturated heterocycles. The van der Waals surface area contributed by atoms with Gasteiger partial charge in [0.25, 0.3) is 0 Å². The van der Waals surface area contributed by atoms with Crippen LogP contribution in [0.5, 0.6) is 0 Å². The maximum atomic E-state index is 11.5. The van der Waals surface area contributed by atoms with Crippen LogP contribution < -0.4 is 4.72 Å². The molecule has 0 aliphatic heterocycles. The largest absolute Gasteiger partial charge is 0.380 e. The quantitative estimate of drug-likeness (QED) is 0.486. The van der Waals surface area contributed by atoms with Crippen molar-refractivity contribution in [1.29, 1.82) is 0 Å². The minimum Gasteiger partial charge on any atom is -0.380 e. The molecule has 8 heteroatoms. The first kappa shape index (κ1) is 18.5. The van der Waals surface area contributed by atoms with Gasteiger partial charge in [0.15, 0.2) is 5.94 Å². The number of likely N-dealkylation sites (N-methyl/N-ethyl adjacent to an activating group) is 1. The van der Waals surface area contributed by atoms with Crippen molar-refractivity contribution in [2.45, 2.75) is 13.3 Å². The number of sulfonamides is 1. The molecule has 0 unspecified atom stereocenters. The summed E-state index contributed by atoms with van der Waals surface area (Å²) in [5.41, 5.74) is 0. The Hall–Kier alpha value is -0.540. The number of nitrogens with one attached hydrogen (secondary N) is 1. The third kappa shape index (κ3) is 13.7. The Morgan fingerprint density at radius 3 is 2.42 bits per heavy atom. The van der Waals surface area contributed by atoms with Crippen LogP contribution in [0.3, 0.4) is 0 Å². The minimum absolute atomic E-state index is 0.0508. The summed E-state index contributed by atoms with van der Waals surface area (Å²) < 4.78 is 35.4. The zero-order chi connectivity index (χ0) is 14.7. The smallest absolute Gasteiger partial charge is 0.235 e. The lowest BCUT2D eigenvalue weighted by atomic mass is 10.3. The fourth-order valence-corrected chi connectivity index (χ4v) is 1.86. The zero-order valence-corrected chi connectivity index (χ0v) is 12.7. The summed E-state index contributed by atoms with van der Waals surface area (Å²) >= 11 is 0. The first-order valence-electron chi connectivity index (χ1n) is 6.10. The molecule has 0 spiro atoms. The molecule has 0 aliphatic rings. The van der Waals surface area contributed by atoms with E-state index in [4.69, 9.17) is 9.47 Å². The normalized spacial score (nSPS) is 12.0. The number of rotatable bonds is 12. The van der Waals surface area contributed by atoms with Gasteiger partial charge in [-0.2, -0.15) is 0 Å². The highest BCUT2D eigenvalue weighted by Crippen LogP contribution is 1.88. The number of hydrogen-bond acceptors (Lipinski definition) is 6. The predicted octanol–water partition coefficient (Wildman–Crippen LogP) is -0.563. The SMILES string of the molecule is CC(=O)CCOCCNS(=O)(=O)COCCN(C)C. The van der Waals surface area contributed by atoms with Crippen LogP contribution in [-0.2, 0) is 24.3 Å². The highest BCUT2D eigenvalue weighted by Gasteiger charge is 2.09. The van der Waals surface area contributed by atoms with Crippen molar-refractivity contribution in [2.75, 3.05) is 52.9 Å². The summed E-state index contributed by atoms with van der Waals surface area (Å²) in [6.07, 6.45) is 0.348. The van der Waals surface area contributed by atoms with Crippen LogP contribution in [0.15, 0.2) is 0 Å². The van der Waals surface area contributed by atoms with Crippen molar-refractivity contribution in [3.8, 4) is 0 Å². The van der Waals surface area contributed by atoms with Gasteiger partial charge in [0.2, 0.25) is 10.0 Å². The molecule has 0 aromatic rings. The van der Waals surface area contributed by atoms with E-state index in [1.165, 1.54) is 6.92 Å². The predicted molar refractivity (Wildman–Crippen MR) is 72.4 cm³/mol. The fourth-order valence-electron chi connectivity index (χ4n) is 1.04. The third-order valence-electron chi connectivity index (χ3n) is 2.09. The number of ether oxygens (including phenoxy) is 2. The second-order valence-electron chi connectivity index (χ2n) is 4.40. The Balaban J connectivity index is 3.54. The van der Waals surface area contributed by atoms with Crippen LogP contribution >= 0.6 is 0 Å². The molecule has 19 heavy (non-hydrogen) atoms. The molecule has 0 rings (SSSR count). The molecule has 0 saturated carbocycles. The van der Waals surface area contributed by atoms with Gasteiger partial charge in [-0.3, -0.25) is 4.79 Å². The summed E-state index contributed by atoms with van der Waals surface area (Å²) in [5.74, 6) is -0.302. The van der Waals surface area contributed by atoms with Crippen molar-refractivity contribution in [1.82, 2.24) is 9.62 Å². The van der Waals surface area contributed by atoms with Gasteiger partial charge >= 0.3 is 0 Å². The Kier molecular flexibility index (Phi) is 9.98. The number of hydrogen-bond donors (Lipinski definition) is 1. The fraction of sp³-hybridized carbons (Fsp3) is 0.909. The second-order valence-corrected chi connectivity index (χ2v) is 6.16. The average Bonchev–Trinajstić information content (AvgIpc) is 2.28. The van der Waals surface area contributed by atoms with Gasteiger partial charge in [0.05, 0.1) is 19.8 Å². The molecule has 0 bridgehead atoms. The van der Waals surface area contributed by atoms with E-state index in [0.717, 1.165) is 0 Å². The van der Waals surface area contributed by atoms with Crippen LogP contribution in [0.1, 0.15) is 13.3 Å². The number of ketones is 1. The lowest BCUT2D eigenvalue weighted by molar-refractivity contribution is -0.118. The van der Waals surface area contributed by atoms with Crippen molar-refractivity contribution in [2.24, 2.45) is 0 Å². The standard InChI is InChI=1S/C11H24N2O5S/c1-11(14)4-7-17-8-5-12-19(15,16)10-18-9-6-13(2)3/h12H,4-10H2,1-3H3. The zero-order valence-electron chi connectivity index (χ0n) is 11.8. The summed E-state index contributed by atoms with van der Waals surface area (Å²) in [4.78, 5) is 12.5. The van der Waals surface area contributed by atoms with E-state index in [1.807, 2.05) is 19.0 Å². The van der Waals surface area contributed by atoms with Crippen molar-refractivity contribution in [3.63, 3.8) is 0 Å². The van der Waals surface area contributed by atoms with Crippen LogP contribution in [0.2, 0.25) is 0 Å². The lowest BCUT2D eigenvalue weighted by Crippen LogP contribution is -2.31. The highest BCUT2D eigenvalue weighted by atomic mass is 32.2.